The summed E-state index contributed by atoms with van der Waals surface area (Å²) in [5, 5.41) is 0. The molecule has 3 atom stereocenters. The van der Waals surface area contributed by atoms with E-state index in [1.807, 2.05) is 13.8 Å². The fourth-order valence-corrected chi connectivity index (χ4v) is 6.30. The second kappa shape index (κ2) is 13.6. The van der Waals surface area contributed by atoms with Gasteiger partial charge in [-0.1, -0.05) is 19.9 Å². The molecule has 260 valence electrons. The van der Waals surface area contributed by atoms with Crippen LogP contribution in [0.1, 0.15) is 86.1 Å². The molecule has 1 unspecified atom stereocenters. The van der Waals surface area contributed by atoms with E-state index in [1.165, 1.54) is 19.9 Å². The highest BCUT2D eigenvalue weighted by Gasteiger charge is 2.44. The van der Waals surface area contributed by atoms with Crippen molar-refractivity contribution in [3.63, 3.8) is 0 Å². The largest absolute Gasteiger partial charge is 0.466 e. The van der Waals surface area contributed by atoms with E-state index in [9.17, 15) is 49.1 Å². The zero-order valence-electron chi connectivity index (χ0n) is 26.0. The van der Waals surface area contributed by atoms with Gasteiger partial charge in [0, 0.05) is 19.5 Å². The molecule has 2 saturated heterocycles. The van der Waals surface area contributed by atoms with Gasteiger partial charge in [0.05, 0.1) is 29.3 Å². The number of likely N-dealkylation sites (tertiary alicyclic amines) is 1. The Balaban J connectivity index is 1.68. The number of cyclic esters (lactones) is 1. The first-order valence-electron chi connectivity index (χ1n) is 15.0. The fraction of sp³-hybridized carbons (Fsp3) is 0.562. The van der Waals surface area contributed by atoms with Crippen LogP contribution in [0.3, 0.4) is 0 Å². The Morgan fingerprint density at radius 1 is 0.894 bits per heavy atom. The van der Waals surface area contributed by atoms with Crippen LogP contribution in [0.4, 0.5) is 44.3 Å². The van der Waals surface area contributed by atoms with Crippen LogP contribution >= 0.6 is 0 Å². The van der Waals surface area contributed by atoms with Crippen LogP contribution in [0.2, 0.25) is 0 Å². The van der Waals surface area contributed by atoms with E-state index in [2.05, 4.69) is 4.90 Å². The smallest absolute Gasteiger partial charge is 0.416 e. The first-order chi connectivity index (χ1) is 21.7. The van der Waals surface area contributed by atoms with Crippen molar-refractivity contribution in [3.05, 3.63) is 69.8 Å². The molecule has 0 saturated carbocycles. The third-order valence-corrected chi connectivity index (χ3v) is 8.66. The van der Waals surface area contributed by atoms with E-state index in [-0.39, 0.29) is 30.1 Å². The average Bonchev–Trinajstić information content (AvgIpc) is 3.24. The highest BCUT2D eigenvalue weighted by Crippen LogP contribution is 2.43. The van der Waals surface area contributed by atoms with E-state index in [4.69, 9.17) is 9.47 Å². The van der Waals surface area contributed by atoms with Gasteiger partial charge in [0.25, 0.3) is 0 Å². The van der Waals surface area contributed by atoms with Gasteiger partial charge in [-0.25, -0.2) is 4.79 Å². The lowest BCUT2D eigenvalue weighted by atomic mass is 9.86. The maximum atomic E-state index is 13.9. The Kier molecular flexibility index (Phi) is 10.5. The number of carbonyl (C=O) groups excluding carboxylic acids is 2. The van der Waals surface area contributed by atoms with Gasteiger partial charge in [0.2, 0.25) is 0 Å². The lowest BCUT2D eigenvalue weighted by Gasteiger charge is -2.40. The molecule has 0 N–H and O–H groups in total. The lowest BCUT2D eigenvalue weighted by molar-refractivity contribution is -0.144. The number of hydrogen-bond donors (Lipinski definition) is 0. The van der Waals surface area contributed by atoms with Crippen molar-refractivity contribution in [3.8, 4) is 0 Å². The molecule has 2 aliphatic rings. The lowest BCUT2D eigenvalue weighted by Crippen LogP contribution is -2.40. The number of amides is 1. The third kappa shape index (κ3) is 8.52. The van der Waals surface area contributed by atoms with Gasteiger partial charge < -0.3 is 9.47 Å². The van der Waals surface area contributed by atoms with Crippen molar-refractivity contribution in [2.75, 3.05) is 19.7 Å². The number of alkyl halides is 9. The van der Waals surface area contributed by atoms with Gasteiger partial charge in [-0.3, -0.25) is 14.6 Å². The van der Waals surface area contributed by atoms with E-state index in [1.54, 1.807) is 0 Å². The predicted octanol–water partition coefficient (Wildman–Crippen LogP) is 8.80. The molecule has 2 aliphatic heterocycles. The summed E-state index contributed by atoms with van der Waals surface area (Å²) in [6, 6.07) is 2.58. The van der Waals surface area contributed by atoms with E-state index in [0.29, 0.717) is 43.6 Å². The number of benzene rings is 2. The molecule has 2 heterocycles. The first kappa shape index (κ1) is 36.3. The Morgan fingerprint density at radius 2 is 1.45 bits per heavy atom. The molecular formula is C32H35F9N2O4. The molecule has 2 aromatic rings. The van der Waals surface area contributed by atoms with Crippen LogP contribution in [0.15, 0.2) is 36.4 Å². The van der Waals surface area contributed by atoms with Crippen LogP contribution in [-0.2, 0) is 39.3 Å². The normalized spacial score (nSPS) is 20.9. The Labute approximate surface area is 265 Å². The van der Waals surface area contributed by atoms with E-state index < -0.39 is 77.6 Å². The van der Waals surface area contributed by atoms with Crippen molar-refractivity contribution in [1.29, 1.82) is 0 Å². The Hall–Kier alpha value is -3.49. The minimum Gasteiger partial charge on any atom is -0.466 e. The monoisotopic (exact) mass is 682 g/mol. The molecule has 1 amide bonds. The fourth-order valence-electron chi connectivity index (χ4n) is 6.30. The maximum absolute atomic E-state index is 13.9. The number of halogens is 9. The highest BCUT2D eigenvalue weighted by molar-refractivity contribution is 5.71. The number of nitrogens with zero attached hydrogens (tertiary/aromatic N) is 2. The molecular weight excluding hydrogens is 647 g/mol. The van der Waals surface area contributed by atoms with Gasteiger partial charge in [-0.05, 0) is 91.7 Å². The summed E-state index contributed by atoms with van der Waals surface area (Å²) in [4.78, 5) is 27.4. The van der Waals surface area contributed by atoms with Crippen molar-refractivity contribution in [2.24, 2.45) is 11.8 Å². The van der Waals surface area contributed by atoms with Gasteiger partial charge in [0.1, 0.15) is 6.10 Å². The molecule has 0 aromatic heterocycles. The molecule has 0 bridgehead atoms. The van der Waals surface area contributed by atoms with Crippen LogP contribution in [0, 0.1) is 11.8 Å². The summed E-state index contributed by atoms with van der Waals surface area (Å²) in [5.41, 5.74) is -4.08. The summed E-state index contributed by atoms with van der Waals surface area (Å²) in [6.45, 7) is 7.38. The molecule has 47 heavy (non-hydrogen) atoms. The van der Waals surface area contributed by atoms with Crippen molar-refractivity contribution in [1.82, 2.24) is 9.80 Å². The standard InChI is InChI=1S/C32H35F9N2O4/c1-17(2)27(42-9-7-20(8-10-42)16-46-19(4)44)26-6-5-23(30(33,34)35)13-22(26)15-43-18(3)28(47-29(43)45)21-11-24(31(36,37)38)14-25(12-21)32(39,40)41/h5-6,11-14,17-18,20,27-28H,7-10,15-16H2,1-4H3/t18-,27?,28-/m0/s1. The first-order valence-corrected chi connectivity index (χ1v) is 15.0. The highest BCUT2D eigenvalue weighted by atomic mass is 19.4. The molecule has 2 fully saturated rings. The summed E-state index contributed by atoms with van der Waals surface area (Å²) in [6.07, 6.45) is -16.3. The molecule has 4 rings (SSSR count). The number of esters is 1. The van der Waals surface area contributed by atoms with Crippen LogP contribution in [0.5, 0.6) is 0 Å². The van der Waals surface area contributed by atoms with Crippen molar-refractivity contribution in [2.45, 2.75) is 83.8 Å². The molecule has 0 spiro atoms. The maximum Gasteiger partial charge on any atom is 0.416 e. The van der Waals surface area contributed by atoms with Gasteiger partial charge >= 0.3 is 30.6 Å². The van der Waals surface area contributed by atoms with Gasteiger partial charge in [-0.15, -0.1) is 0 Å². The molecule has 2 aromatic carbocycles. The topological polar surface area (TPSA) is 59.1 Å². The minimum absolute atomic E-state index is 0.0389. The predicted molar refractivity (Wildman–Crippen MR) is 151 cm³/mol. The van der Waals surface area contributed by atoms with Crippen LogP contribution in [-0.4, -0.2) is 47.6 Å². The average molecular weight is 683 g/mol. The molecule has 0 radical (unpaired) electrons. The van der Waals surface area contributed by atoms with Gasteiger partial charge in [0.15, 0.2) is 0 Å². The number of piperidine rings is 1. The molecule has 6 nitrogen and oxygen atoms in total. The van der Waals surface area contributed by atoms with E-state index >= 15 is 0 Å². The molecule has 0 aliphatic carbocycles. The van der Waals surface area contributed by atoms with Crippen LogP contribution < -0.4 is 0 Å². The Morgan fingerprint density at radius 3 is 1.94 bits per heavy atom. The minimum atomic E-state index is -5.13. The quantitative estimate of drug-likeness (QED) is 0.206. The summed E-state index contributed by atoms with van der Waals surface area (Å²) < 4.78 is 133. The summed E-state index contributed by atoms with van der Waals surface area (Å²) >= 11 is 0. The number of hydrogen-bond acceptors (Lipinski definition) is 5. The van der Waals surface area contributed by atoms with Crippen molar-refractivity contribution < 1.29 is 58.6 Å². The number of rotatable bonds is 8. The third-order valence-electron chi connectivity index (χ3n) is 8.66. The molecule has 15 heteroatoms. The zero-order chi connectivity index (χ0) is 35.1. The number of carbonyl (C=O) groups is 2. The zero-order valence-corrected chi connectivity index (χ0v) is 26.0. The summed E-state index contributed by atoms with van der Waals surface area (Å²) in [7, 11) is 0. The Bertz CT molecular complexity index is 1420. The second-order valence-corrected chi connectivity index (χ2v) is 12.4. The van der Waals surface area contributed by atoms with Gasteiger partial charge in [-0.2, -0.15) is 39.5 Å². The van der Waals surface area contributed by atoms with Crippen molar-refractivity contribution >= 4 is 12.1 Å². The summed E-state index contributed by atoms with van der Waals surface area (Å²) in [5.74, 6) is -0.398. The van der Waals surface area contributed by atoms with E-state index in [0.717, 1.165) is 17.0 Å². The number of ether oxygens (including phenoxy) is 2. The SMILES string of the molecule is CC(=O)OCC1CCN(C(c2ccc(C(F)(F)F)cc2CN2C(=O)O[C@H](c3cc(C(F)(F)F)cc(C(F)(F)F)c3)[C@@H]2C)C(C)C)CC1. The van der Waals surface area contributed by atoms with Crippen LogP contribution in [0.25, 0.3) is 0 Å². The second-order valence-electron chi connectivity index (χ2n) is 12.4.